The molecule has 6 rings (SSSR count). The van der Waals surface area contributed by atoms with E-state index in [0.717, 1.165) is 50.6 Å². The molecule has 7 nitrogen and oxygen atoms in total. The van der Waals surface area contributed by atoms with Crippen molar-refractivity contribution >= 4 is 44.4 Å². The van der Waals surface area contributed by atoms with E-state index in [0.29, 0.717) is 24.5 Å². The molecule has 0 aliphatic carbocycles. The summed E-state index contributed by atoms with van der Waals surface area (Å²) in [6, 6.07) is 21.6. The molecule has 4 aromatic heterocycles. The number of nitriles is 1. The second-order valence-corrected chi connectivity index (χ2v) is 9.14. The van der Waals surface area contributed by atoms with Crippen LogP contribution in [0.5, 0.6) is 0 Å². The number of unbranched alkanes of at least 4 members (excludes halogenated alkanes) is 1. The van der Waals surface area contributed by atoms with Gasteiger partial charge in [-0.25, -0.2) is 4.79 Å². The van der Waals surface area contributed by atoms with Crippen LogP contribution >= 0.6 is 11.6 Å². The van der Waals surface area contributed by atoms with Gasteiger partial charge in [0.1, 0.15) is 0 Å². The number of aromatic nitrogens is 5. The number of imidazole rings is 1. The Balaban J connectivity index is 1.51. The van der Waals surface area contributed by atoms with Crippen LogP contribution in [0.1, 0.15) is 18.5 Å². The fourth-order valence-electron chi connectivity index (χ4n) is 4.88. The zero-order valence-electron chi connectivity index (χ0n) is 19.3. The molecule has 0 saturated heterocycles. The Bertz CT molecular complexity index is 1860. The average Bonchev–Trinajstić information content (AvgIpc) is 3.37. The van der Waals surface area contributed by atoms with Crippen molar-refractivity contribution in [3.8, 4) is 11.8 Å². The molecule has 0 aliphatic heterocycles. The number of rotatable bonds is 6. The predicted octanol–water partition coefficient (Wildman–Crippen LogP) is 5.70. The van der Waals surface area contributed by atoms with Crippen molar-refractivity contribution in [2.45, 2.75) is 25.9 Å². The van der Waals surface area contributed by atoms with Crippen molar-refractivity contribution in [2.24, 2.45) is 0 Å². The fraction of sp³-hybridized carbons (Fsp3) is 0.143. The number of nitrogens with zero attached hydrogens (tertiary/aromatic N) is 6. The van der Waals surface area contributed by atoms with Gasteiger partial charge in [0.25, 0.3) is 0 Å². The van der Waals surface area contributed by atoms with Crippen molar-refractivity contribution in [3.05, 3.63) is 100 Å². The number of hydrogen-bond donors (Lipinski definition) is 0. The molecule has 0 aliphatic rings. The van der Waals surface area contributed by atoms with E-state index in [1.54, 1.807) is 27.7 Å². The lowest BCUT2D eigenvalue weighted by Gasteiger charge is -2.11. The summed E-state index contributed by atoms with van der Waals surface area (Å²) in [5, 5.41) is 11.7. The Kier molecular flexibility index (Phi) is 5.51. The summed E-state index contributed by atoms with van der Waals surface area (Å²) in [5.74, 6) is 0. The van der Waals surface area contributed by atoms with E-state index in [-0.39, 0.29) is 5.69 Å². The van der Waals surface area contributed by atoms with Crippen LogP contribution in [0.3, 0.4) is 0 Å². The molecule has 6 aromatic rings. The summed E-state index contributed by atoms with van der Waals surface area (Å²) < 4.78 is 5.66. The van der Waals surface area contributed by atoms with Gasteiger partial charge in [0.05, 0.1) is 41.0 Å². The van der Waals surface area contributed by atoms with Gasteiger partial charge in [0.2, 0.25) is 0 Å². The van der Waals surface area contributed by atoms with Gasteiger partial charge in [-0.15, -0.1) is 0 Å². The highest BCUT2D eigenvalue weighted by Gasteiger charge is 2.18. The van der Waals surface area contributed by atoms with E-state index in [9.17, 15) is 4.79 Å². The van der Waals surface area contributed by atoms with Crippen LogP contribution in [0.15, 0.2) is 84.0 Å². The largest absolute Gasteiger partial charge is 0.343 e. The minimum absolute atomic E-state index is 0.145. The molecule has 2 aromatic carbocycles. The number of pyridine rings is 2. The van der Waals surface area contributed by atoms with E-state index < -0.39 is 0 Å². The first-order valence-corrected chi connectivity index (χ1v) is 12.1. The molecule has 0 atom stereocenters. The van der Waals surface area contributed by atoms with E-state index in [2.05, 4.69) is 26.7 Å². The van der Waals surface area contributed by atoms with E-state index in [1.807, 2.05) is 54.6 Å². The quantitative estimate of drug-likeness (QED) is 0.279. The maximum atomic E-state index is 13.9. The van der Waals surface area contributed by atoms with Gasteiger partial charge in [-0.1, -0.05) is 17.7 Å². The third kappa shape index (κ3) is 3.72. The van der Waals surface area contributed by atoms with Gasteiger partial charge < -0.3 is 4.57 Å². The molecule has 176 valence electrons. The van der Waals surface area contributed by atoms with Crippen molar-refractivity contribution in [1.82, 2.24) is 23.7 Å². The Hall–Kier alpha value is -4.41. The lowest BCUT2D eigenvalue weighted by molar-refractivity contribution is 0.621. The van der Waals surface area contributed by atoms with Crippen molar-refractivity contribution < 1.29 is 0 Å². The van der Waals surface area contributed by atoms with E-state index in [4.69, 9.17) is 16.9 Å². The molecule has 0 bridgehead atoms. The molecule has 0 amide bonds. The fourth-order valence-corrected chi connectivity index (χ4v) is 5.06. The average molecular weight is 493 g/mol. The molecule has 0 unspecified atom stereocenters. The van der Waals surface area contributed by atoms with E-state index in [1.165, 1.54) is 0 Å². The lowest BCUT2D eigenvalue weighted by Crippen LogP contribution is -2.24. The molecule has 0 spiro atoms. The number of benzene rings is 2. The van der Waals surface area contributed by atoms with Crippen molar-refractivity contribution in [1.29, 1.82) is 5.26 Å². The highest BCUT2D eigenvalue weighted by Crippen LogP contribution is 2.26. The smallest absolute Gasteiger partial charge is 0.334 e. The van der Waals surface area contributed by atoms with Gasteiger partial charge >= 0.3 is 5.69 Å². The highest BCUT2D eigenvalue weighted by atomic mass is 35.5. The lowest BCUT2D eigenvalue weighted by atomic mass is 10.2. The Morgan fingerprint density at radius 2 is 1.83 bits per heavy atom. The van der Waals surface area contributed by atoms with Gasteiger partial charge in [-0.2, -0.15) is 5.26 Å². The molecule has 36 heavy (non-hydrogen) atoms. The molecule has 0 radical (unpaired) electrons. The summed E-state index contributed by atoms with van der Waals surface area (Å²) in [4.78, 5) is 22.6. The molecule has 4 heterocycles. The summed E-state index contributed by atoms with van der Waals surface area (Å²) in [7, 11) is 0. The third-order valence-corrected chi connectivity index (χ3v) is 6.75. The van der Waals surface area contributed by atoms with E-state index >= 15 is 0 Å². The second kappa shape index (κ2) is 8.99. The molecular formula is C28H21ClN6O. The second-order valence-electron chi connectivity index (χ2n) is 8.70. The number of halogens is 1. The topological polar surface area (TPSA) is 81.4 Å². The van der Waals surface area contributed by atoms with Crippen LogP contribution in [0, 0.1) is 11.3 Å². The summed E-state index contributed by atoms with van der Waals surface area (Å²) in [6.07, 6.45) is 6.38. The summed E-state index contributed by atoms with van der Waals surface area (Å²) in [5.41, 5.74) is 5.04. The van der Waals surface area contributed by atoms with Crippen LogP contribution in [-0.2, 0) is 13.1 Å². The van der Waals surface area contributed by atoms with Gasteiger partial charge in [-0.05, 0) is 61.0 Å². The zero-order chi connectivity index (χ0) is 24.6. The maximum absolute atomic E-state index is 13.9. The minimum Gasteiger partial charge on any atom is -0.343 e. The third-order valence-electron chi connectivity index (χ3n) is 6.52. The first kappa shape index (κ1) is 22.1. The Morgan fingerprint density at radius 3 is 2.72 bits per heavy atom. The summed E-state index contributed by atoms with van der Waals surface area (Å²) in [6.45, 7) is 1.04. The monoisotopic (exact) mass is 492 g/mol. The Morgan fingerprint density at radius 1 is 0.917 bits per heavy atom. The normalized spacial score (nSPS) is 11.4. The SMILES string of the molecule is N#CCCCn1c(Cn2c(=O)n(-c3ccc4ncccc4c3)c3ccncc32)cc2cc(Cl)ccc21. The molecule has 0 N–H and O–H groups in total. The zero-order valence-corrected chi connectivity index (χ0v) is 20.1. The van der Waals surface area contributed by atoms with Crippen LogP contribution in [0.2, 0.25) is 5.02 Å². The molecule has 0 saturated carbocycles. The van der Waals surface area contributed by atoms with Crippen LogP contribution in [0.25, 0.3) is 38.5 Å². The van der Waals surface area contributed by atoms with Crippen LogP contribution < -0.4 is 5.69 Å². The van der Waals surface area contributed by atoms with Crippen LogP contribution in [0.4, 0.5) is 0 Å². The maximum Gasteiger partial charge on any atom is 0.334 e. The molecular weight excluding hydrogens is 472 g/mol. The van der Waals surface area contributed by atoms with Crippen molar-refractivity contribution in [3.63, 3.8) is 0 Å². The van der Waals surface area contributed by atoms with Crippen LogP contribution in [-0.4, -0.2) is 23.7 Å². The summed E-state index contributed by atoms with van der Waals surface area (Å²) >= 11 is 6.26. The number of hydrogen-bond acceptors (Lipinski definition) is 4. The minimum atomic E-state index is -0.145. The highest BCUT2D eigenvalue weighted by molar-refractivity contribution is 6.31. The number of aryl methyl sites for hydroxylation is 1. The predicted molar refractivity (Wildman–Crippen MR) is 142 cm³/mol. The molecule has 0 fully saturated rings. The van der Waals surface area contributed by atoms with Gasteiger partial charge in [0, 0.05) is 52.4 Å². The molecule has 8 heteroatoms. The van der Waals surface area contributed by atoms with Gasteiger partial charge in [0.15, 0.2) is 0 Å². The first-order valence-electron chi connectivity index (χ1n) is 11.7. The van der Waals surface area contributed by atoms with Crippen molar-refractivity contribution in [2.75, 3.05) is 0 Å². The standard InChI is InChI=1S/C28H21ClN6O/c29-21-5-8-25-20(14-21)16-23(33(25)13-2-1-10-30)18-34-27-17-31-12-9-26(27)35(28(34)36)22-6-7-24-19(15-22)4-3-11-32-24/h3-9,11-12,14-17H,1-2,13,18H2. The Labute approximate surface area is 211 Å². The number of fused-ring (bicyclic) bond motifs is 3. The first-order chi connectivity index (χ1) is 17.6. The van der Waals surface area contributed by atoms with Gasteiger partial charge in [-0.3, -0.25) is 19.1 Å².